The third kappa shape index (κ3) is 5.14. The maximum Gasteiger partial charge on any atom is 0.163 e. The van der Waals surface area contributed by atoms with Gasteiger partial charge in [-0.1, -0.05) is 0 Å². The van der Waals surface area contributed by atoms with Gasteiger partial charge in [-0.2, -0.15) is 0 Å². The zero-order valence-electron chi connectivity index (χ0n) is 14.9. The highest BCUT2D eigenvalue weighted by Crippen LogP contribution is 2.30. The summed E-state index contributed by atoms with van der Waals surface area (Å²) in [5, 5.41) is 10.0. The second kappa shape index (κ2) is 8.97. The Balaban J connectivity index is 1.78. The maximum atomic E-state index is 11.4. The van der Waals surface area contributed by atoms with E-state index in [1.165, 1.54) is 6.92 Å². The summed E-state index contributed by atoms with van der Waals surface area (Å²) in [6.45, 7) is 6.71. The number of carbonyl (C=O) groups is 1. The number of phenols is 1. The standard InChI is InChI=1S/C20H24O5/c1-4-23-16-6-8-17(9-7-16)24-12-5-13-25-19-11-10-18(15(3)21)20(22)14(19)2/h6-11,22H,4-5,12-13H2,1-3H3. The molecule has 0 fully saturated rings. The minimum atomic E-state index is -0.170. The number of ether oxygens (including phenoxy) is 3. The first kappa shape index (κ1) is 18.6. The second-order valence-electron chi connectivity index (χ2n) is 5.60. The van der Waals surface area contributed by atoms with Crippen molar-refractivity contribution in [2.45, 2.75) is 27.2 Å². The predicted molar refractivity (Wildman–Crippen MR) is 96.1 cm³/mol. The second-order valence-corrected chi connectivity index (χ2v) is 5.60. The van der Waals surface area contributed by atoms with Crippen molar-refractivity contribution >= 4 is 5.78 Å². The molecule has 0 spiro atoms. The minimum Gasteiger partial charge on any atom is -0.507 e. The summed E-state index contributed by atoms with van der Waals surface area (Å²) >= 11 is 0. The molecule has 0 saturated heterocycles. The molecule has 0 aromatic heterocycles. The van der Waals surface area contributed by atoms with Crippen LogP contribution in [0.4, 0.5) is 0 Å². The molecule has 0 aliphatic rings. The molecule has 2 aromatic carbocycles. The smallest absolute Gasteiger partial charge is 0.163 e. The van der Waals surface area contributed by atoms with Crippen LogP contribution >= 0.6 is 0 Å². The molecule has 0 saturated carbocycles. The van der Waals surface area contributed by atoms with Gasteiger partial charge in [-0.25, -0.2) is 0 Å². The largest absolute Gasteiger partial charge is 0.507 e. The third-order valence-corrected chi connectivity index (χ3v) is 3.71. The summed E-state index contributed by atoms with van der Waals surface area (Å²) in [4.78, 5) is 11.4. The van der Waals surface area contributed by atoms with E-state index in [4.69, 9.17) is 14.2 Å². The fourth-order valence-electron chi connectivity index (χ4n) is 2.35. The number of benzene rings is 2. The Kier molecular flexibility index (Phi) is 6.69. The Morgan fingerprint density at radius 1 is 0.960 bits per heavy atom. The van der Waals surface area contributed by atoms with Crippen LogP contribution in [0.25, 0.3) is 0 Å². The Bertz CT molecular complexity index is 707. The summed E-state index contributed by atoms with van der Waals surface area (Å²) in [7, 11) is 0. The zero-order valence-corrected chi connectivity index (χ0v) is 14.9. The fraction of sp³-hybridized carbons (Fsp3) is 0.350. The van der Waals surface area contributed by atoms with Gasteiger partial charge < -0.3 is 19.3 Å². The molecule has 5 nitrogen and oxygen atoms in total. The zero-order chi connectivity index (χ0) is 18.2. The number of phenolic OH excluding ortho intramolecular Hbond substituents is 1. The van der Waals surface area contributed by atoms with E-state index in [1.54, 1.807) is 19.1 Å². The SMILES string of the molecule is CCOc1ccc(OCCCOc2ccc(C(C)=O)c(O)c2C)cc1. The van der Waals surface area contributed by atoms with Crippen LogP contribution in [0.1, 0.15) is 36.2 Å². The van der Waals surface area contributed by atoms with Crippen LogP contribution < -0.4 is 14.2 Å². The van der Waals surface area contributed by atoms with E-state index < -0.39 is 0 Å². The van der Waals surface area contributed by atoms with Gasteiger partial charge in [0, 0.05) is 12.0 Å². The van der Waals surface area contributed by atoms with Crippen molar-refractivity contribution in [3.8, 4) is 23.0 Å². The van der Waals surface area contributed by atoms with Crippen LogP contribution in [0.2, 0.25) is 0 Å². The molecule has 0 heterocycles. The van der Waals surface area contributed by atoms with E-state index in [2.05, 4.69) is 0 Å². The molecule has 0 aliphatic heterocycles. The fourth-order valence-corrected chi connectivity index (χ4v) is 2.35. The number of carbonyl (C=O) groups excluding carboxylic acids is 1. The van der Waals surface area contributed by atoms with Gasteiger partial charge in [0.25, 0.3) is 0 Å². The van der Waals surface area contributed by atoms with Crippen LogP contribution in [0.5, 0.6) is 23.0 Å². The molecule has 0 radical (unpaired) electrons. The molecule has 5 heteroatoms. The quantitative estimate of drug-likeness (QED) is 0.547. The molecule has 0 unspecified atom stereocenters. The van der Waals surface area contributed by atoms with Gasteiger partial charge >= 0.3 is 0 Å². The van der Waals surface area contributed by atoms with Crippen molar-refractivity contribution < 1.29 is 24.1 Å². The van der Waals surface area contributed by atoms with Crippen LogP contribution in [0.3, 0.4) is 0 Å². The maximum absolute atomic E-state index is 11.4. The average Bonchev–Trinajstić information content (AvgIpc) is 2.59. The van der Waals surface area contributed by atoms with E-state index in [0.29, 0.717) is 43.1 Å². The minimum absolute atomic E-state index is 0.0179. The summed E-state index contributed by atoms with van der Waals surface area (Å²) in [5.41, 5.74) is 0.879. The van der Waals surface area contributed by atoms with E-state index >= 15 is 0 Å². The number of hydrogen-bond donors (Lipinski definition) is 1. The summed E-state index contributed by atoms with van der Waals surface area (Å²) in [6, 6.07) is 10.8. The van der Waals surface area contributed by atoms with Gasteiger partial charge in [-0.15, -0.1) is 0 Å². The lowest BCUT2D eigenvalue weighted by Crippen LogP contribution is -2.06. The number of aromatic hydroxyl groups is 1. The lowest BCUT2D eigenvalue weighted by atomic mass is 10.1. The molecule has 2 aromatic rings. The Morgan fingerprint density at radius 2 is 1.56 bits per heavy atom. The normalized spacial score (nSPS) is 10.4. The van der Waals surface area contributed by atoms with E-state index in [0.717, 1.165) is 11.5 Å². The predicted octanol–water partition coefficient (Wildman–Crippen LogP) is 4.15. The first-order chi connectivity index (χ1) is 12.0. The van der Waals surface area contributed by atoms with Crippen LogP contribution in [0, 0.1) is 6.92 Å². The number of rotatable bonds is 9. The summed E-state index contributed by atoms with van der Waals surface area (Å²) in [6.07, 6.45) is 0.696. The molecule has 0 aliphatic carbocycles. The molecule has 0 atom stereocenters. The first-order valence-corrected chi connectivity index (χ1v) is 8.35. The van der Waals surface area contributed by atoms with Gasteiger partial charge in [0.1, 0.15) is 23.0 Å². The van der Waals surface area contributed by atoms with Crippen molar-refractivity contribution in [1.29, 1.82) is 0 Å². The van der Waals surface area contributed by atoms with E-state index in [-0.39, 0.29) is 11.5 Å². The lowest BCUT2D eigenvalue weighted by Gasteiger charge is -2.12. The number of hydrogen-bond acceptors (Lipinski definition) is 5. The lowest BCUT2D eigenvalue weighted by molar-refractivity contribution is 0.101. The van der Waals surface area contributed by atoms with Gasteiger partial charge in [-0.3, -0.25) is 4.79 Å². The van der Waals surface area contributed by atoms with Crippen LogP contribution in [-0.2, 0) is 0 Å². The Hall–Kier alpha value is -2.69. The Labute approximate surface area is 148 Å². The number of ketones is 1. The molecule has 0 amide bonds. The first-order valence-electron chi connectivity index (χ1n) is 8.35. The monoisotopic (exact) mass is 344 g/mol. The Morgan fingerprint density at radius 3 is 2.16 bits per heavy atom. The van der Waals surface area contributed by atoms with Crippen LogP contribution in [-0.4, -0.2) is 30.7 Å². The molecule has 134 valence electrons. The topological polar surface area (TPSA) is 65.0 Å². The van der Waals surface area contributed by atoms with Crippen molar-refractivity contribution in [3.05, 3.63) is 47.5 Å². The van der Waals surface area contributed by atoms with Crippen LogP contribution in [0.15, 0.2) is 36.4 Å². The summed E-state index contributed by atoms with van der Waals surface area (Å²) < 4.78 is 16.7. The molecule has 0 bridgehead atoms. The van der Waals surface area contributed by atoms with Crippen molar-refractivity contribution in [2.75, 3.05) is 19.8 Å². The van der Waals surface area contributed by atoms with Crippen molar-refractivity contribution in [3.63, 3.8) is 0 Å². The molecule has 2 rings (SSSR count). The van der Waals surface area contributed by atoms with E-state index in [9.17, 15) is 9.90 Å². The average molecular weight is 344 g/mol. The van der Waals surface area contributed by atoms with Gasteiger partial charge in [0.05, 0.1) is 25.4 Å². The van der Waals surface area contributed by atoms with Gasteiger partial charge in [0.15, 0.2) is 5.78 Å². The third-order valence-electron chi connectivity index (χ3n) is 3.71. The van der Waals surface area contributed by atoms with E-state index in [1.807, 2.05) is 31.2 Å². The highest BCUT2D eigenvalue weighted by atomic mass is 16.5. The number of Topliss-reactive ketones (excluding diaryl/α,β-unsaturated/α-hetero) is 1. The highest BCUT2D eigenvalue weighted by molar-refractivity contribution is 5.97. The van der Waals surface area contributed by atoms with Crippen molar-refractivity contribution in [1.82, 2.24) is 0 Å². The molecule has 25 heavy (non-hydrogen) atoms. The highest BCUT2D eigenvalue weighted by Gasteiger charge is 2.12. The van der Waals surface area contributed by atoms with Gasteiger partial charge in [0.2, 0.25) is 0 Å². The van der Waals surface area contributed by atoms with Crippen molar-refractivity contribution in [2.24, 2.45) is 0 Å². The van der Waals surface area contributed by atoms with Gasteiger partial charge in [-0.05, 0) is 57.2 Å². The molecule has 1 N–H and O–H groups in total. The molecular weight excluding hydrogens is 320 g/mol. The summed E-state index contributed by atoms with van der Waals surface area (Å²) in [5.74, 6) is 1.99. The molecular formula is C20H24O5.